The Balaban J connectivity index is 2.97. The van der Waals surface area contributed by atoms with Gasteiger partial charge in [-0.2, -0.15) is 0 Å². The summed E-state index contributed by atoms with van der Waals surface area (Å²) in [5.74, 6) is -0.556. The van der Waals surface area contributed by atoms with Crippen molar-refractivity contribution in [3.05, 3.63) is 28.2 Å². The topological polar surface area (TPSA) is 85.2 Å². The van der Waals surface area contributed by atoms with Crippen molar-refractivity contribution in [2.24, 2.45) is 0 Å². The predicted octanol–water partition coefficient (Wildman–Crippen LogP) is 0.134. The molecule has 3 N–H and O–H groups in total. The van der Waals surface area contributed by atoms with E-state index in [0.717, 1.165) is 0 Å². The van der Waals surface area contributed by atoms with E-state index in [-0.39, 0.29) is 18.0 Å². The van der Waals surface area contributed by atoms with Gasteiger partial charge in [-0.3, -0.25) is 4.79 Å². The maximum atomic E-state index is 11.1. The maximum absolute atomic E-state index is 11.1. The summed E-state index contributed by atoms with van der Waals surface area (Å²) in [6, 6.07) is 2.78. The summed E-state index contributed by atoms with van der Waals surface area (Å²) in [6.07, 6.45) is 0. The number of H-pyrrole nitrogens is 1. The van der Waals surface area contributed by atoms with Gasteiger partial charge >= 0.3 is 5.97 Å². The quantitative estimate of drug-likeness (QED) is 0.637. The number of nitrogens with one attached hydrogen (secondary N) is 1. The highest BCUT2D eigenvalue weighted by Gasteiger charge is 2.07. The van der Waals surface area contributed by atoms with Crippen molar-refractivity contribution in [2.45, 2.75) is 6.92 Å². The minimum Gasteiger partial charge on any atom is -0.461 e. The van der Waals surface area contributed by atoms with Gasteiger partial charge in [-0.15, -0.1) is 0 Å². The van der Waals surface area contributed by atoms with E-state index < -0.39 is 11.5 Å². The Morgan fingerprint density at radius 2 is 2.31 bits per heavy atom. The van der Waals surface area contributed by atoms with E-state index in [1.807, 2.05) is 0 Å². The Hall–Kier alpha value is -1.78. The fourth-order valence-electron chi connectivity index (χ4n) is 0.813. The second kappa shape index (κ2) is 3.75. The van der Waals surface area contributed by atoms with E-state index in [1.54, 1.807) is 6.92 Å². The second-order valence-electron chi connectivity index (χ2n) is 2.38. The van der Waals surface area contributed by atoms with E-state index in [9.17, 15) is 9.59 Å². The molecule has 1 aromatic rings. The SMILES string of the molecule is CCOC(=O)c1ccc(N)c(=O)[nH]1. The fourth-order valence-corrected chi connectivity index (χ4v) is 0.813. The summed E-state index contributed by atoms with van der Waals surface area (Å²) in [4.78, 5) is 24.3. The minimum atomic E-state index is -0.556. The van der Waals surface area contributed by atoms with Crippen LogP contribution < -0.4 is 11.3 Å². The average molecular weight is 182 g/mol. The summed E-state index contributed by atoms with van der Waals surface area (Å²) in [6.45, 7) is 1.96. The number of rotatable bonds is 2. The molecule has 0 saturated heterocycles. The Labute approximate surface area is 74.5 Å². The van der Waals surface area contributed by atoms with Gasteiger partial charge in [-0.1, -0.05) is 0 Å². The van der Waals surface area contributed by atoms with Gasteiger partial charge in [-0.05, 0) is 19.1 Å². The van der Waals surface area contributed by atoms with Crippen molar-refractivity contribution < 1.29 is 9.53 Å². The Kier molecular flexibility index (Phi) is 2.69. The summed E-state index contributed by atoms with van der Waals surface area (Å²) in [5, 5.41) is 0. The number of aromatic amines is 1. The maximum Gasteiger partial charge on any atom is 0.354 e. The zero-order valence-electron chi connectivity index (χ0n) is 7.16. The van der Waals surface area contributed by atoms with E-state index in [1.165, 1.54) is 12.1 Å². The van der Waals surface area contributed by atoms with E-state index in [4.69, 9.17) is 5.73 Å². The molecule has 0 radical (unpaired) electrons. The number of anilines is 1. The fraction of sp³-hybridized carbons (Fsp3) is 0.250. The third-order valence-corrected chi connectivity index (χ3v) is 1.44. The van der Waals surface area contributed by atoms with Crippen LogP contribution in [0, 0.1) is 0 Å². The molecule has 0 bridgehead atoms. The lowest BCUT2D eigenvalue weighted by Crippen LogP contribution is -2.17. The molecule has 0 spiro atoms. The van der Waals surface area contributed by atoms with Crippen LogP contribution in [0.3, 0.4) is 0 Å². The number of nitrogen functional groups attached to an aromatic ring is 1. The largest absolute Gasteiger partial charge is 0.461 e. The number of aromatic nitrogens is 1. The standard InChI is InChI=1S/C8H10N2O3/c1-2-13-8(12)6-4-3-5(9)7(11)10-6/h3-4H,2,9H2,1H3,(H,10,11). The predicted molar refractivity (Wildman–Crippen MR) is 47.4 cm³/mol. The first-order valence-corrected chi connectivity index (χ1v) is 3.81. The smallest absolute Gasteiger partial charge is 0.354 e. The van der Waals surface area contributed by atoms with Crippen LogP contribution in [-0.2, 0) is 4.74 Å². The molecule has 0 unspecified atom stereocenters. The highest BCUT2D eigenvalue weighted by atomic mass is 16.5. The first-order chi connectivity index (χ1) is 6.15. The molecular weight excluding hydrogens is 172 g/mol. The Bertz CT molecular complexity index is 370. The van der Waals surface area contributed by atoms with Crippen LogP contribution in [0.4, 0.5) is 5.69 Å². The van der Waals surface area contributed by atoms with Crippen LogP contribution >= 0.6 is 0 Å². The molecule has 0 aliphatic carbocycles. The summed E-state index contributed by atoms with van der Waals surface area (Å²) in [7, 11) is 0. The first-order valence-electron chi connectivity index (χ1n) is 3.81. The average Bonchev–Trinajstić information content (AvgIpc) is 2.10. The Morgan fingerprint density at radius 1 is 1.62 bits per heavy atom. The van der Waals surface area contributed by atoms with Gasteiger partial charge in [0.1, 0.15) is 5.69 Å². The van der Waals surface area contributed by atoms with Crippen molar-refractivity contribution in [3.8, 4) is 0 Å². The third-order valence-electron chi connectivity index (χ3n) is 1.44. The molecule has 13 heavy (non-hydrogen) atoms. The van der Waals surface area contributed by atoms with Crippen molar-refractivity contribution in [1.29, 1.82) is 0 Å². The number of hydrogen-bond donors (Lipinski definition) is 2. The van der Waals surface area contributed by atoms with E-state index in [2.05, 4.69) is 9.72 Å². The van der Waals surface area contributed by atoms with Crippen LogP contribution in [0.25, 0.3) is 0 Å². The van der Waals surface area contributed by atoms with Gasteiger partial charge in [0.2, 0.25) is 0 Å². The number of hydrogen-bond acceptors (Lipinski definition) is 4. The zero-order chi connectivity index (χ0) is 9.84. The lowest BCUT2D eigenvalue weighted by molar-refractivity contribution is 0.0519. The summed E-state index contributed by atoms with van der Waals surface area (Å²) >= 11 is 0. The van der Waals surface area contributed by atoms with Gasteiger partial charge in [0.15, 0.2) is 0 Å². The lowest BCUT2D eigenvalue weighted by Gasteiger charge is -2.00. The molecule has 1 heterocycles. The molecule has 0 amide bonds. The molecule has 0 aromatic carbocycles. The molecule has 5 nitrogen and oxygen atoms in total. The number of esters is 1. The van der Waals surface area contributed by atoms with Gasteiger partial charge in [0.05, 0.1) is 12.3 Å². The number of nitrogens with two attached hydrogens (primary N) is 1. The molecule has 5 heteroatoms. The monoisotopic (exact) mass is 182 g/mol. The zero-order valence-corrected chi connectivity index (χ0v) is 7.16. The highest BCUT2D eigenvalue weighted by molar-refractivity contribution is 5.87. The van der Waals surface area contributed by atoms with Gasteiger partial charge in [0.25, 0.3) is 5.56 Å². The van der Waals surface area contributed by atoms with Gasteiger partial charge in [0, 0.05) is 0 Å². The number of ether oxygens (including phenoxy) is 1. The molecule has 1 aromatic heterocycles. The molecular formula is C8H10N2O3. The van der Waals surface area contributed by atoms with Crippen molar-refractivity contribution in [1.82, 2.24) is 4.98 Å². The Morgan fingerprint density at radius 3 is 2.85 bits per heavy atom. The molecule has 0 atom stereocenters. The van der Waals surface area contributed by atoms with Crippen LogP contribution in [-0.4, -0.2) is 17.6 Å². The number of carbonyl (C=O) groups is 1. The van der Waals surface area contributed by atoms with Crippen LogP contribution in [0.5, 0.6) is 0 Å². The molecule has 0 fully saturated rings. The minimum absolute atomic E-state index is 0.0769. The normalized spacial score (nSPS) is 9.62. The van der Waals surface area contributed by atoms with Crippen LogP contribution in [0.2, 0.25) is 0 Å². The molecule has 1 rings (SSSR count). The third kappa shape index (κ3) is 2.08. The molecule has 0 aliphatic heterocycles. The summed E-state index contributed by atoms with van der Waals surface area (Å²) in [5.41, 5.74) is 4.97. The van der Waals surface area contributed by atoms with E-state index in [0.29, 0.717) is 0 Å². The van der Waals surface area contributed by atoms with Crippen LogP contribution in [0.1, 0.15) is 17.4 Å². The van der Waals surface area contributed by atoms with E-state index >= 15 is 0 Å². The van der Waals surface area contributed by atoms with Crippen molar-refractivity contribution in [2.75, 3.05) is 12.3 Å². The van der Waals surface area contributed by atoms with Gasteiger partial charge in [-0.25, -0.2) is 4.79 Å². The lowest BCUT2D eigenvalue weighted by atomic mass is 10.3. The molecule has 70 valence electrons. The highest BCUT2D eigenvalue weighted by Crippen LogP contribution is 1.97. The number of pyridine rings is 1. The second-order valence-corrected chi connectivity index (χ2v) is 2.38. The number of carbonyl (C=O) groups excluding carboxylic acids is 1. The van der Waals surface area contributed by atoms with Crippen molar-refractivity contribution >= 4 is 11.7 Å². The molecule has 0 saturated carbocycles. The summed E-state index contributed by atoms with van der Waals surface area (Å²) < 4.78 is 4.67. The van der Waals surface area contributed by atoms with Crippen molar-refractivity contribution in [3.63, 3.8) is 0 Å². The van der Waals surface area contributed by atoms with Crippen LogP contribution in [0.15, 0.2) is 16.9 Å². The molecule has 0 aliphatic rings. The first kappa shape index (κ1) is 9.31. The van der Waals surface area contributed by atoms with Gasteiger partial charge < -0.3 is 15.5 Å².